The average Bonchev–Trinajstić information content (AvgIpc) is 2.99. The molecule has 0 aromatic carbocycles. The van der Waals surface area contributed by atoms with Gasteiger partial charge >= 0.3 is 0 Å². The van der Waals surface area contributed by atoms with Gasteiger partial charge in [0.25, 0.3) is 0 Å². The number of aliphatic imine (C=N–C) groups is 1. The van der Waals surface area contributed by atoms with Crippen LogP contribution >= 0.6 is 0 Å². The van der Waals surface area contributed by atoms with E-state index < -0.39 is 0 Å². The van der Waals surface area contributed by atoms with Crippen LogP contribution in [0.5, 0.6) is 0 Å². The molecule has 0 bridgehead atoms. The number of hydrogen-bond acceptors (Lipinski definition) is 3. The van der Waals surface area contributed by atoms with Gasteiger partial charge in [0.15, 0.2) is 0 Å². The van der Waals surface area contributed by atoms with Crippen LogP contribution in [-0.2, 0) is 0 Å². The maximum Gasteiger partial charge on any atom is 0.206 e. The molecule has 18 heavy (non-hydrogen) atoms. The van der Waals surface area contributed by atoms with Gasteiger partial charge in [-0.2, -0.15) is 0 Å². The van der Waals surface area contributed by atoms with E-state index in [1.807, 2.05) is 26.0 Å². The van der Waals surface area contributed by atoms with Gasteiger partial charge in [-0.25, -0.2) is 10.8 Å². The van der Waals surface area contributed by atoms with Crippen LogP contribution in [0.2, 0.25) is 0 Å². The Kier molecular flexibility index (Phi) is 4.25. The Labute approximate surface area is 108 Å². The van der Waals surface area contributed by atoms with Gasteiger partial charge in [-0.3, -0.25) is 5.43 Å². The maximum atomic E-state index is 5.57. The molecule has 1 aliphatic rings. The molecular formula is C13H22N4O. The highest BCUT2D eigenvalue weighted by molar-refractivity contribution is 5.79. The first-order valence-corrected chi connectivity index (χ1v) is 6.56. The van der Waals surface area contributed by atoms with Crippen molar-refractivity contribution in [2.24, 2.45) is 10.8 Å². The fraction of sp³-hybridized carbons (Fsp3) is 0.615. The van der Waals surface area contributed by atoms with Crippen molar-refractivity contribution in [3.8, 4) is 0 Å². The largest absolute Gasteiger partial charge is 0.464 e. The van der Waals surface area contributed by atoms with E-state index in [1.54, 1.807) is 0 Å². The van der Waals surface area contributed by atoms with Crippen LogP contribution in [0.25, 0.3) is 0 Å². The lowest BCUT2D eigenvalue weighted by Crippen LogP contribution is -2.43. The lowest BCUT2D eigenvalue weighted by molar-refractivity contribution is 0.441. The molecule has 5 nitrogen and oxygen atoms in total. The molecule has 1 fully saturated rings. The molecule has 1 atom stereocenters. The summed E-state index contributed by atoms with van der Waals surface area (Å²) < 4.78 is 5.57. The Balaban J connectivity index is 1.97. The number of guanidine groups is 1. The van der Waals surface area contributed by atoms with E-state index in [0.717, 1.165) is 24.4 Å². The Hall–Kier alpha value is -1.49. The highest BCUT2D eigenvalue weighted by Gasteiger charge is 2.16. The molecule has 1 aromatic rings. The van der Waals surface area contributed by atoms with Crippen molar-refractivity contribution in [3.63, 3.8) is 0 Å². The molecule has 0 saturated heterocycles. The molecule has 1 saturated carbocycles. The molecule has 0 radical (unpaired) electrons. The highest BCUT2D eigenvalue weighted by Crippen LogP contribution is 2.21. The number of hydrazine groups is 1. The molecule has 5 heteroatoms. The Bertz CT molecular complexity index is 407. The summed E-state index contributed by atoms with van der Waals surface area (Å²) in [5, 5.41) is 3.24. The van der Waals surface area contributed by atoms with E-state index in [2.05, 4.69) is 15.7 Å². The fourth-order valence-electron chi connectivity index (χ4n) is 2.29. The van der Waals surface area contributed by atoms with Crippen LogP contribution in [0.4, 0.5) is 0 Å². The predicted octanol–water partition coefficient (Wildman–Crippen LogP) is 2.00. The Morgan fingerprint density at radius 1 is 1.44 bits per heavy atom. The van der Waals surface area contributed by atoms with Crippen molar-refractivity contribution in [1.29, 1.82) is 0 Å². The van der Waals surface area contributed by atoms with Crippen molar-refractivity contribution < 1.29 is 4.42 Å². The quantitative estimate of drug-likeness (QED) is 0.332. The summed E-state index contributed by atoms with van der Waals surface area (Å²) in [6, 6.07) is 4.37. The van der Waals surface area contributed by atoms with E-state index in [1.165, 1.54) is 12.8 Å². The Morgan fingerprint density at radius 2 is 2.17 bits per heavy atom. The normalized spacial score (nSPS) is 18.9. The van der Waals surface area contributed by atoms with Crippen molar-refractivity contribution in [3.05, 3.63) is 23.7 Å². The summed E-state index contributed by atoms with van der Waals surface area (Å²) in [6.07, 6.45) is 4.83. The standard InChI is InChI=1S/C13H22N4O/c1-9-7-8-12(18-9)10(2)15-13(17-14)16-11-5-3-4-6-11/h7-8,10-11H,3-6,14H2,1-2H3,(H2,15,16,17). The summed E-state index contributed by atoms with van der Waals surface area (Å²) in [5.41, 5.74) is 2.63. The van der Waals surface area contributed by atoms with Crippen LogP contribution in [0, 0.1) is 6.92 Å². The van der Waals surface area contributed by atoms with E-state index in [4.69, 9.17) is 10.3 Å². The molecule has 2 rings (SSSR count). The second kappa shape index (κ2) is 5.91. The SMILES string of the molecule is Cc1ccc(C(C)NC(=NC2CCCC2)NN)o1. The van der Waals surface area contributed by atoms with E-state index in [0.29, 0.717) is 12.0 Å². The number of hydrogen-bond donors (Lipinski definition) is 3. The average molecular weight is 250 g/mol. The first kappa shape index (κ1) is 13.0. The zero-order valence-corrected chi connectivity index (χ0v) is 11.1. The minimum atomic E-state index is 0.0508. The fourth-order valence-corrected chi connectivity index (χ4v) is 2.29. The third kappa shape index (κ3) is 3.26. The van der Waals surface area contributed by atoms with Crippen LogP contribution in [0.3, 0.4) is 0 Å². The molecule has 0 spiro atoms. The molecule has 1 unspecified atom stereocenters. The zero-order chi connectivity index (χ0) is 13.0. The number of nitrogens with two attached hydrogens (primary N) is 1. The van der Waals surface area contributed by atoms with Crippen molar-refractivity contribution >= 4 is 5.96 Å². The minimum absolute atomic E-state index is 0.0508. The van der Waals surface area contributed by atoms with Gasteiger partial charge in [-0.05, 0) is 38.8 Å². The van der Waals surface area contributed by atoms with Crippen LogP contribution < -0.4 is 16.6 Å². The molecular weight excluding hydrogens is 228 g/mol. The minimum Gasteiger partial charge on any atom is -0.464 e. The molecule has 0 aliphatic heterocycles. The zero-order valence-electron chi connectivity index (χ0n) is 11.1. The van der Waals surface area contributed by atoms with Gasteiger partial charge in [0.2, 0.25) is 5.96 Å². The second-order valence-corrected chi connectivity index (χ2v) is 4.87. The number of nitrogens with one attached hydrogen (secondary N) is 2. The molecule has 1 aromatic heterocycles. The number of furan rings is 1. The van der Waals surface area contributed by atoms with E-state index in [-0.39, 0.29) is 6.04 Å². The molecule has 100 valence electrons. The van der Waals surface area contributed by atoms with Crippen LogP contribution in [0.15, 0.2) is 21.5 Å². The third-order valence-electron chi connectivity index (χ3n) is 3.31. The topological polar surface area (TPSA) is 75.6 Å². The molecule has 1 aliphatic carbocycles. The second-order valence-electron chi connectivity index (χ2n) is 4.87. The van der Waals surface area contributed by atoms with Gasteiger partial charge in [0.1, 0.15) is 11.5 Å². The van der Waals surface area contributed by atoms with Gasteiger partial charge in [0, 0.05) is 0 Å². The summed E-state index contributed by atoms with van der Waals surface area (Å²) in [5.74, 6) is 7.95. The van der Waals surface area contributed by atoms with Crippen molar-refractivity contribution in [2.45, 2.75) is 51.6 Å². The van der Waals surface area contributed by atoms with Gasteiger partial charge in [0.05, 0.1) is 12.1 Å². The monoisotopic (exact) mass is 250 g/mol. The summed E-state index contributed by atoms with van der Waals surface area (Å²) >= 11 is 0. The lowest BCUT2D eigenvalue weighted by atomic mass is 10.2. The molecule has 1 heterocycles. The van der Waals surface area contributed by atoms with Gasteiger partial charge in [-0.15, -0.1) is 0 Å². The van der Waals surface area contributed by atoms with Gasteiger partial charge in [-0.1, -0.05) is 12.8 Å². The van der Waals surface area contributed by atoms with Crippen molar-refractivity contribution in [1.82, 2.24) is 10.7 Å². The molecule has 4 N–H and O–H groups in total. The maximum absolute atomic E-state index is 5.57. The summed E-state index contributed by atoms with van der Waals surface area (Å²) in [6.45, 7) is 3.96. The van der Waals surface area contributed by atoms with Gasteiger partial charge < -0.3 is 9.73 Å². The Morgan fingerprint density at radius 3 is 2.72 bits per heavy atom. The smallest absolute Gasteiger partial charge is 0.206 e. The van der Waals surface area contributed by atoms with E-state index in [9.17, 15) is 0 Å². The molecule has 0 amide bonds. The van der Waals surface area contributed by atoms with Crippen LogP contribution in [0.1, 0.15) is 50.2 Å². The summed E-state index contributed by atoms with van der Waals surface area (Å²) in [7, 11) is 0. The van der Waals surface area contributed by atoms with E-state index >= 15 is 0 Å². The third-order valence-corrected chi connectivity index (χ3v) is 3.31. The predicted molar refractivity (Wildman–Crippen MR) is 72.0 cm³/mol. The lowest BCUT2D eigenvalue weighted by Gasteiger charge is -2.16. The number of rotatable bonds is 3. The number of nitrogens with zero attached hydrogens (tertiary/aromatic N) is 1. The first-order chi connectivity index (χ1) is 8.69. The van der Waals surface area contributed by atoms with Crippen molar-refractivity contribution in [2.75, 3.05) is 0 Å². The first-order valence-electron chi connectivity index (χ1n) is 6.56. The van der Waals surface area contributed by atoms with Crippen LogP contribution in [-0.4, -0.2) is 12.0 Å². The summed E-state index contributed by atoms with van der Waals surface area (Å²) in [4.78, 5) is 4.59. The number of aryl methyl sites for hydroxylation is 1. The highest BCUT2D eigenvalue weighted by atomic mass is 16.3.